The second kappa shape index (κ2) is 6.99. The molecule has 28 heavy (non-hydrogen) atoms. The Kier molecular flexibility index (Phi) is 5.03. The predicted molar refractivity (Wildman–Crippen MR) is 111 cm³/mol. The van der Waals surface area contributed by atoms with Crippen molar-refractivity contribution in [1.82, 2.24) is 0 Å². The topological polar surface area (TPSA) is 43.4 Å². The number of carbonyl (C=O) groups excluding carboxylic acids is 2. The molecule has 0 aliphatic heterocycles. The first-order valence-electron chi connectivity index (χ1n) is 11.6. The lowest BCUT2D eigenvalue weighted by Crippen LogP contribution is -2.51. The van der Waals surface area contributed by atoms with Gasteiger partial charge in [0.1, 0.15) is 11.9 Å². The Morgan fingerprint density at radius 3 is 2.54 bits per heavy atom. The van der Waals surface area contributed by atoms with Crippen LogP contribution in [0.2, 0.25) is 0 Å². The van der Waals surface area contributed by atoms with Crippen molar-refractivity contribution in [1.29, 1.82) is 0 Å². The summed E-state index contributed by atoms with van der Waals surface area (Å²) in [4.78, 5) is 24.0. The van der Waals surface area contributed by atoms with Gasteiger partial charge in [-0.25, -0.2) is 0 Å². The van der Waals surface area contributed by atoms with Crippen LogP contribution in [-0.2, 0) is 14.3 Å². The van der Waals surface area contributed by atoms with E-state index in [1.165, 1.54) is 26.2 Å². The minimum Gasteiger partial charge on any atom is -0.462 e. The highest BCUT2D eigenvalue weighted by molar-refractivity contribution is 5.80. The fraction of sp³-hybridized carbons (Fsp3) is 0.840. The number of allylic oxidation sites excluding steroid dienone is 1. The molecule has 3 heteroatoms. The summed E-state index contributed by atoms with van der Waals surface area (Å²) < 4.78 is 5.56. The molecule has 0 N–H and O–H groups in total. The van der Waals surface area contributed by atoms with E-state index in [4.69, 9.17) is 4.74 Å². The van der Waals surface area contributed by atoms with E-state index in [1.54, 1.807) is 5.57 Å². The van der Waals surface area contributed by atoms with Gasteiger partial charge in [0, 0.05) is 19.3 Å². The normalized spacial score (nSPS) is 47.4. The molecule has 0 saturated heterocycles. The summed E-state index contributed by atoms with van der Waals surface area (Å²) in [5.74, 6) is 3.25. The van der Waals surface area contributed by atoms with Gasteiger partial charge in [-0.15, -0.1) is 0 Å². The third-order valence-electron chi connectivity index (χ3n) is 9.53. The number of Topliss-reactive ketones (excluding diaryl/α,β-unsaturated/α-hetero) is 1. The van der Waals surface area contributed by atoms with Crippen molar-refractivity contribution in [3.05, 3.63) is 11.6 Å². The zero-order chi connectivity index (χ0) is 20.3. The summed E-state index contributed by atoms with van der Waals surface area (Å²) in [6.45, 7) is 10.6. The SMILES string of the molecule is CC[C@@H]1C[C@@H]2[C@@H]3CC=C4C[C@@H](OC(C)=O)CC[C@]4(C)[C@@H]3CC[C@]2(C)[C@H]1C(C)=O. The maximum atomic E-state index is 12.6. The third kappa shape index (κ3) is 2.91. The number of esters is 1. The van der Waals surface area contributed by atoms with Gasteiger partial charge in [0.25, 0.3) is 0 Å². The molecule has 3 saturated carbocycles. The molecule has 3 fully saturated rings. The highest BCUT2D eigenvalue weighted by Crippen LogP contribution is 2.67. The molecular weight excluding hydrogens is 348 g/mol. The minimum atomic E-state index is -0.150. The van der Waals surface area contributed by atoms with Crippen LogP contribution in [0.3, 0.4) is 0 Å². The van der Waals surface area contributed by atoms with Gasteiger partial charge in [0.15, 0.2) is 0 Å². The molecule has 0 aromatic heterocycles. The van der Waals surface area contributed by atoms with Crippen LogP contribution in [0, 0.1) is 40.4 Å². The van der Waals surface area contributed by atoms with Gasteiger partial charge in [0.2, 0.25) is 0 Å². The summed E-state index contributed by atoms with van der Waals surface area (Å²) in [7, 11) is 0. The lowest BCUT2D eigenvalue weighted by molar-refractivity contribution is -0.149. The minimum absolute atomic E-state index is 0.0697. The first kappa shape index (κ1) is 20.2. The fourth-order valence-electron chi connectivity index (χ4n) is 8.34. The molecule has 0 heterocycles. The number of hydrogen-bond acceptors (Lipinski definition) is 3. The molecule has 0 amide bonds. The second-order valence-corrected chi connectivity index (χ2v) is 10.8. The van der Waals surface area contributed by atoms with Crippen molar-refractivity contribution in [3.63, 3.8) is 0 Å². The molecule has 4 rings (SSSR count). The van der Waals surface area contributed by atoms with Gasteiger partial charge >= 0.3 is 5.97 Å². The van der Waals surface area contributed by atoms with Gasteiger partial charge in [0.05, 0.1) is 0 Å². The van der Waals surface area contributed by atoms with Crippen LogP contribution in [0.1, 0.15) is 86.0 Å². The van der Waals surface area contributed by atoms with Crippen LogP contribution in [0.15, 0.2) is 11.6 Å². The predicted octanol–water partition coefficient (Wildman–Crippen LogP) is 5.72. The number of ether oxygens (including phenoxy) is 1. The quantitative estimate of drug-likeness (QED) is 0.460. The van der Waals surface area contributed by atoms with Gasteiger partial charge in [-0.05, 0) is 80.0 Å². The van der Waals surface area contributed by atoms with Crippen molar-refractivity contribution < 1.29 is 14.3 Å². The monoisotopic (exact) mass is 386 g/mol. The fourth-order valence-corrected chi connectivity index (χ4v) is 8.34. The number of fused-ring (bicyclic) bond motifs is 5. The maximum absolute atomic E-state index is 12.6. The zero-order valence-electron chi connectivity index (χ0n) is 18.4. The van der Waals surface area contributed by atoms with Crippen LogP contribution in [0.4, 0.5) is 0 Å². The molecule has 0 unspecified atom stereocenters. The van der Waals surface area contributed by atoms with Crippen LogP contribution in [0.25, 0.3) is 0 Å². The van der Waals surface area contributed by atoms with Crippen LogP contribution in [-0.4, -0.2) is 17.9 Å². The van der Waals surface area contributed by atoms with Crippen molar-refractivity contribution in [3.8, 4) is 0 Å². The van der Waals surface area contributed by atoms with Crippen LogP contribution in [0.5, 0.6) is 0 Å². The number of rotatable bonds is 3. The van der Waals surface area contributed by atoms with Gasteiger partial charge < -0.3 is 4.74 Å². The van der Waals surface area contributed by atoms with E-state index in [2.05, 4.69) is 26.8 Å². The van der Waals surface area contributed by atoms with E-state index in [1.807, 2.05) is 6.92 Å². The van der Waals surface area contributed by atoms with Gasteiger partial charge in [-0.2, -0.15) is 0 Å². The third-order valence-corrected chi connectivity index (χ3v) is 9.53. The smallest absolute Gasteiger partial charge is 0.302 e. The molecule has 4 aliphatic carbocycles. The molecule has 0 aromatic carbocycles. The Bertz CT molecular complexity index is 694. The average molecular weight is 387 g/mol. The standard InChI is InChI=1S/C25H38O3/c1-6-17-13-22-20-8-7-18-14-19(28-16(3)27)9-11-24(18,4)21(20)10-12-25(22,5)23(17)15(2)26/h7,17,19-23H,6,8-14H2,1-5H3/t17-,19+,20-,21-,22-,23+,24+,25+/m1/s1. The van der Waals surface area contributed by atoms with Gasteiger partial charge in [-0.3, -0.25) is 9.59 Å². The first-order valence-corrected chi connectivity index (χ1v) is 11.6. The molecule has 4 aliphatic rings. The Hall–Kier alpha value is -1.12. The van der Waals surface area contributed by atoms with Crippen molar-refractivity contribution in [2.75, 3.05) is 0 Å². The van der Waals surface area contributed by atoms with E-state index >= 15 is 0 Å². The molecule has 0 bridgehead atoms. The van der Waals surface area contributed by atoms with Crippen molar-refractivity contribution in [2.24, 2.45) is 40.4 Å². The molecule has 156 valence electrons. The average Bonchev–Trinajstić information content (AvgIpc) is 2.94. The van der Waals surface area contributed by atoms with E-state index < -0.39 is 0 Å². The summed E-state index contributed by atoms with van der Waals surface area (Å²) in [5, 5.41) is 0. The zero-order valence-corrected chi connectivity index (χ0v) is 18.4. The summed E-state index contributed by atoms with van der Waals surface area (Å²) in [5.41, 5.74) is 2.00. The Balaban J connectivity index is 1.61. The highest BCUT2D eigenvalue weighted by Gasteiger charge is 2.61. The molecule has 0 aromatic rings. The van der Waals surface area contributed by atoms with Crippen LogP contribution >= 0.6 is 0 Å². The molecule has 3 nitrogen and oxygen atoms in total. The number of hydrogen-bond donors (Lipinski definition) is 0. The molecular formula is C25H38O3. The van der Waals surface area contributed by atoms with Gasteiger partial charge in [-0.1, -0.05) is 38.8 Å². The Labute approximate surface area is 170 Å². The first-order chi connectivity index (χ1) is 13.2. The summed E-state index contributed by atoms with van der Waals surface area (Å²) >= 11 is 0. The Morgan fingerprint density at radius 1 is 1.14 bits per heavy atom. The van der Waals surface area contributed by atoms with E-state index in [9.17, 15) is 9.59 Å². The Morgan fingerprint density at radius 2 is 1.89 bits per heavy atom. The molecule has 0 radical (unpaired) electrons. The molecule has 0 spiro atoms. The maximum Gasteiger partial charge on any atom is 0.302 e. The highest BCUT2D eigenvalue weighted by atomic mass is 16.5. The van der Waals surface area contributed by atoms with Crippen molar-refractivity contribution >= 4 is 11.8 Å². The van der Waals surface area contributed by atoms with Crippen LogP contribution < -0.4 is 0 Å². The van der Waals surface area contributed by atoms with E-state index in [0.29, 0.717) is 17.6 Å². The lowest BCUT2D eigenvalue weighted by atomic mass is 9.47. The largest absolute Gasteiger partial charge is 0.462 e. The lowest BCUT2D eigenvalue weighted by Gasteiger charge is -2.58. The summed E-state index contributed by atoms with van der Waals surface area (Å²) in [6.07, 6.45) is 11.6. The van der Waals surface area contributed by atoms with E-state index in [0.717, 1.165) is 43.9 Å². The second-order valence-electron chi connectivity index (χ2n) is 10.8. The van der Waals surface area contributed by atoms with E-state index in [-0.39, 0.29) is 28.8 Å². The summed E-state index contributed by atoms with van der Waals surface area (Å²) in [6, 6.07) is 0. The number of ketones is 1. The molecule has 8 atom stereocenters. The number of carbonyl (C=O) groups is 2. The van der Waals surface area contributed by atoms with Crippen molar-refractivity contribution in [2.45, 2.75) is 92.1 Å².